The highest BCUT2D eigenvalue weighted by atomic mass is 16.5. The van der Waals surface area contributed by atoms with Gasteiger partial charge in [-0.25, -0.2) is 0 Å². The Morgan fingerprint density at radius 1 is 0.950 bits per heavy atom. The molecule has 0 unspecified atom stereocenters. The van der Waals surface area contributed by atoms with E-state index in [2.05, 4.69) is 10.3 Å². The molecular formula is C16H16N2O2. The standard InChI is InChI=1S/C16H16N2O2/c1-19-12-5-3-4-11(8-12)18-16-10-17-15-7-6-13(20-2)9-14(15)16/h3-10,17-18H,1-2H3. The Balaban J connectivity index is 1.97. The first-order chi connectivity index (χ1) is 9.80. The minimum Gasteiger partial charge on any atom is -0.497 e. The maximum atomic E-state index is 5.27. The molecule has 0 radical (unpaired) electrons. The van der Waals surface area contributed by atoms with Crippen LogP contribution in [0.4, 0.5) is 11.4 Å². The van der Waals surface area contributed by atoms with Crippen LogP contribution >= 0.6 is 0 Å². The fraction of sp³-hybridized carbons (Fsp3) is 0.125. The quantitative estimate of drug-likeness (QED) is 0.753. The number of nitrogens with one attached hydrogen (secondary N) is 2. The number of rotatable bonds is 4. The predicted molar refractivity (Wildman–Crippen MR) is 81.1 cm³/mol. The van der Waals surface area contributed by atoms with Crippen molar-refractivity contribution >= 4 is 22.3 Å². The monoisotopic (exact) mass is 268 g/mol. The molecule has 2 aromatic carbocycles. The third kappa shape index (κ3) is 2.28. The molecule has 3 rings (SSSR count). The molecule has 0 saturated heterocycles. The average Bonchev–Trinajstić information content (AvgIpc) is 2.89. The largest absolute Gasteiger partial charge is 0.497 e. The van der Waals surface area contributed by atoms with Crippen LogP contribution in [0.15, 0.2) is 48.7 Å². The normalized spacial score (nSPS) is 10.5. The Hall–Kier alpha value is -2.62. The zero-order valence-electron chi connectivity index (χ0n) is 11.4. The maximum absolute atomic E-state index is 5.27. The zero-order valence-corrected chi connectivity index (χ0v) is 11.4. The number of aromatic nitrogens is 1. The second-order valence-corrected chi connectivity index (χ2v) is 4.47. The molecule has 1 heterocycles. The fourth-order valence-corrected chi connectivity index (χ4v) is 2.19. The summed E-state index contributed by atoms with van der Waals surface area (Å²) in [6.07, 6.45) is 1.95. The van der Waals surface area contributed by atoms with Crippen LogP contribution in [0.1, 0.15) is 0 Å². The van der Waals surface area contributed by atoms with Crippen molar-refractivity contribution in [3.05, 3.63) is 48.7 Å². The van der Waals surface area contributed by atoms with Crippen molar-refractivity contribution in [2.75, 3.05) is 19.5 Å². The number of methoxy groups -OCH3 is 2. The molecular weight excluding hydrogens is 252 g/mol. The fourth-order valence-electron chi connectivity index (χ4n) is 2.19. The van der Waals surface area contributed by atoms with Gasteiger partial charge in [-0.05, 0) is 30.3 Å². The third-order valence-electron chi connectivity index (χ3n) is 3.24. The average molecular weight is 268 g/mol. The van der Waals surface area contributed by atoms with Crippen LogP contribution in [0.25, 0.3) is 10.9 Å². The number of H-pyrrole nitrogens is 1. The van der Waals surface area contributed by atoms with Crippen molar-refractivity contribution in [3.63, 3.8) is 0 Å². The van der Waals surface area contributed by atoms with Gasteiger partial charge in [0.25, 0.3) is 0 Å². The van der Waals surface area contributed by atoms with E-state index in [-0.39, 0.29) is 0 Å². The topological polar surface area (TPSA) is 46.3 Å². The van der Waals surface area contributed by atoms with Gasteiger partial charge in [-0.15, -0.1) is 0 Å². The number of hydrogen-bond donors (Lipinski definition) is 2. The molecule has 3 aromatic rings. The van der Waals surface area contributed by atoms with Crippen molar-refractivity contribution in [1.29, 1.82) is 0 Å². The first-order valence-electron chi connectivity index (χ1n) is 6.36. The van der Waals surface area contributed by atoms with E-state index in [1.54, 1.807) is 14.2 Å². The van der Waals surface area contributed by atoms with Gasteiger partial charge < -0.3 is 19.8 Å². The van der Waals surface area contributed by atoms with E-state index >= 15 is 0 Å². The molecule has 2 N–H and O–H groups in total. The van der Waals surface area contributed by atoms with E-state index in [1.165, 1.54) is 0 Å². The molecule has 0 amide bonds. The van der Waals surface area contributed by atoms with Crippen LogP contribution in [0.2, 0.25) is 0 Å². The number of benzene rings is 2. The van der Waals surface area contributed by atoms with Gasteiger partial charge in [0.2, 0.25) is 0 Å². The lowest BCUT2D eigenvalue weighted by Gasteiger charge is -2.07. The molecule has 0 saturated carbocycles. The van der Waals surface area contributed by atoms with Gasteiger partial charge in [0.1, 0.15) is 11.5 Å². The van der Waals surface area contributed by atoms with Gasteiger partial charge in [0.15, 0.2) is 0 Å². The second-order valence-electron chi connectivity index (χ2n) is 4.47. The summed E-state index contributed by atoms with van der Waals surface area (Å²) in [5.41, 5.74) is 3.05. The maximum Gasteiger partial charge on any atom is 0.120 e. The number of ether oxygens (including phenoxy) is 2. The van der Waals surface area contributed by atoms with E-state index in [0.717, 1.165) is 33.8 Å². The summed E-state index contributed by atoms with van der Waals surface area (Å²) in [5, 5.41) is 4.48. The van der Waals surface area contributed by atoms with Crippen molar-refractivity contribution < 1.29 is 9.47 Å². The van der Waals surface area contributed by atoms with Crippen LogP contribution < -0.4 is 14.8 Å². The number of fused-ring (bicyclic) bond motifs is 1. The van der Waals surface area contributed by atoms with Gasteiger partial charge in [0.05, 0.1) is 19.9 Å². The molecule has 20 heavy (non-hydrogen) atoms. The zero-order chi connectivity index (χ0) is 13.9. The molecule has 0 atom stereocenters. The molecule has 1 aromatic heterocycles. The molecule has 0 aliphatic heterocycles. The van der Waals surface area contributed by atoms with Gasteiger partial charge in [0, 0.05) is 28.9 Å². The summed E-state index contributed by atoms with van der Waals surface area (Å²) in [7, 11) is 3.33. The van der Waals surface area contributed by atoms with Crippen molar-refractivity contribution in [2.24, 2.45) is 0 Å². The van der Waals surface area contributed by atoms with Crippen LogP contribution in [0.5, 0.6) is 11.5 Å². The predicted octanol–water partition coefficient (Wildman–Crippen LogP) is 3.93. The SMILES string of the molecule is COc1cccc(Nc2c[nH]c3ccc(OC)cc23)c1. The summed E-state index contributed by atoms with van der Waals surface area (Å²) in [4.78, 5) is 3.24. The summed E-state index contributed by atoms with van der Waals surface area (Å²) in [6.45, 7) is 0. The number of aromatic amines is 1. The Morgan fingerprint density at radius 2 is 1.75 bits per heavy atom. The Labute approximate surface area is 117 Å². The van der Waals surface area contributed by atoms with Gasteiger partial charge in [-0.2, -0.15) is 0 Å². The lowest BCUT2D eigenvalue weighted by Crippen LogP contribution is -1.90. The molecule has 0 spiro atoms. The molecule has 0 aliphatic carbocycles. The second kappa shape index (κ2) is 5.17. The van der Waals surface area contributed by atoms with E-state index < -0.39 is 0 Å². The summed E-state index contributed by atoms with van der Waals surface area (Å²) in [5.74, 6) is 1.67. The lowest BCUT2D eigenvalue weighted by atomic mass is 10.2. The van der Waals surface area contributed by atoms with Crippen molar-refractivity contribution in [2.45, 2.75) is 0 Å². The third-order valence-corrected chi connectivity index (χ3v) is 3.24. The van der Waals surface area contributed by atoms with Gasteiger partial charge in [-0.1, -0.05) is 6.07 Å². The van der Waals surface area contributed by atoms with Crippen molar-refractivity contribution in [3.8, 4) is 11.5 Å². The Bertz CT molecular complexity index is 734. The molecule has 4 heteroatoms. The van der Waals surface area contributed by atoms with Crippen molar-refractivity contribution in [1.82, 2.24) is 4.98 Å². The molecule has 4 nitrogen and oxygen atoms in total. The van der Waals surface area contributed by atoms with Crippen LogP contribution in [0, 0.1) is 0 Å². The molecule has 0 bridgehead atoms. The Kier molecular flexibility index (Phi) is 3.21. The summed E-state index contributed by atoms with van der Waals surface area (Å²) < 4.78 is 10.5. The van der Waals surface area contributed by atoms with E-state index in [1.807, 2.05) is 48.7 Å². The van der Waals surface area contributed by atoms with Gasteiger partial charge in [-0.3, -0.25) is 0 Å². The number of hydrogen-bond acceptors (Lipinski definition) is 3. The first-order valence-corrected chi connectivity index (χ1v) is 6.36. The molecule has 102 valence electrons. The highest BCUT2D eigenvalue weighted by Crippen LogP contribution is 2.30. The minimum absolute atomic E-state index is 0.826. The minimum atomic E-state index is 0.826. The van der Waals surface area contributed by atoms with Crippen LogP contribution in [-0.2, 0) is 0 Å². The summed E-state index contributed by atoms with van der Waals surface area (Å²) >= 11 is 0. The highest BCUT2D eigenvalue weighted by Gasteiger charge is 2.05. The van der Waals surface area contributed by atoms with E-state index in [4.69, 9.17) is 9.47 Å². The van der Waals surface area contributed by atoms with Crippen LogP contribution in [-0.4, -0.2) is 19.2 Å². The Morgan fingerprint density at radius 3 is 2.55 bits per heavy atom. The van der Waals surface area contributed by atoms with Gasteiger partial charge >= 0.3 is 0 Å². The summed E-state index contributed by atoms with van der Waals surface area (Å²) in [6, 6.07) is 13.8. The first kappa shape index (κ1) is 12.4. The van der Waals surface area contributed by atoms with Crippen LogP contribution in [0.3, 0.4) is 0 Å². The smallest absolute Gasteiger partial charge is 0.120 e. The molecule has 0 aliphatic rings. The van der Waals surface area contributed by atoms with E-state index in [9.17, 15) is 0 Å². The lowest BCUT2D eigenvalue weighted by molar-refractivity contribution is 0.415. The molecule has 0 fully saturated rings. The highest BCUT2D eigenvalue weighted by molar-refractivity contribution is 5.95. The number of anilines is 2. The van der Waals surface area contributed by atoms with E-state index in [0.29, 0.717) is 0 Å².